The summed E-state index contributed by atoms with van der Waals surface area (Å²) in [5.74, 6) is -1.58. The van der Waals surface area contributed by atoms with Gasteiger partial charge in [-0.25, -0.2) is 9.78 Å². The van der Waals surface area contributed by atoms with Crippen LogP contribution in [0.1, 0.15) is 109 Å². The van der Waals surface area contributed by atoms with E-state index >= 15 is 0 Å². The molecule has 1 unspecified atom stereocenters. The Morgan fingerprint density at radius 1 is 0.921 bits per heavy atom. The van der Waals surface area contributed by atoms with Gasteiger partial charge in [-0.05, 0) is 81.5 Å². The number of rotatable bonds is 21. The van der Waals surface area contributed by atoms with E-state index in [9.17, 15) is 33.9 Å². The number of aliphatic hydroxyl groups is 1. The van der Waals surface area contributed by atoms with Crippen LogP contribution in [0.25, 0.3) is 22.3 Å². The molecule has 6 rings (SSSR count). The molecule has 0 spiro atoms. The van der Waals surface area contributed by atoms with Crippen LogP contribution in [0.4, 0.5) is 0 Å². The minimum Gasteiger partial charge on any atom is -0.458 e. The average molecular weight is 876 g/mol. The molecule has 0 aliphatic carbocycles. The zero-order valence-electron chi connectivity index (χ0n) is 37.0. The highest BCUT2D eigenvalue weighted by Gasteiger charge is 2.45. The number of nitrogens with zero attached hydrogens (tertiary/aromatic N) is 2. The lowest BCUT2D eigenvalue weighted by Gasteiger charge is -2.31. The van der Waals surface area contributed by atoms with Crippen LogP contribution in [-0.4, -0.2) is 88.9 Å². The summed E-state index contributed by atoms with van der Waals surface area (Å²) in [4.78, 5) is 85.2. The summed E-state index contributed by atoms with van der Waals surface area (Å²) in [7, 11) is 0. The molecule has 0 saturated heterocycles. The zero-order valence-corrected chi connectivity index (χ0v) is 37.0. The number of carbonyl (C=O) groups is 5. The molecule has 3 aromatic rings. The third-order valence-electron chi connectivity index (χ3n) is 11.9. The summed E-state index contributed by atoms with van der Waals surface area (Å²) in [6.45, 7) is 11.8. The maximum absolute atomic E-state index is 13.9. The van der Waals surface area contributed by atoms with Crippen LogP contribution in [0.3, 0.4) is 0 Å². The largest absolute Gasteiger partial charge is 0.458 e. The summed E-state index contributed by atoms with van der Waals surface area (Å²) >= 11 is 0. The van der Waals surface area contributed by atoms with Crippen LogP contribution >= 0.6 is 0 Å². The van der Waals surface area contributed by atoms with E-state index in [0.29, 0.717) is 83.2 Å². The van der Waals surface area contributed by atoms with Crippen LogP contribution in [-0.2, 0) is 58.7 Å². The number of fused-ring (bicyclic) bond motifs is 6. The average Bonchev–Trinajstić information content (AvgIpc) is 3.87. The molecule has 0 radical (unpaired) electrons. The van der Waals surface area contributed by atoms with E-state index in [-0.39, 0.29) is 74.8 Å². The lowest BCUT2D eigenvalue weighted by atomic mass is 9.86. The lowest BCUT2D eigenvalue weighted by Crippen LogP contribution is -2.56. The first kappa shape index (κ1) is 46.9. The minimum absolute atomic E-state index is 0.0105. The van der Waals surface area contributed by atoms with Gasteiger partial charge in [-0.15, -0.1) is 0 Å². The number of aromatic nitrogens is 2. The molecule has 18 nitrogen and oxygen atoms in total. The van der Waals surface area contributed by atoms with Gasteiger partial charge in [-0.3, -0.25) is 24.0 Å². The summed E-state index contributed by atoms with van der Waals surface area (Å²) < 4.78 is 23.8. The highest BCUT2D eigenvalue weighted by atomic mass is 16.7. The summed E-state index contributed by atoms with van der Waals surface area (Å²) in [6.07, 6.45) is 2.85. The van der Waals surface area contributed by atoms with E-state index in [1.807, 2.05) is 6.92 Å². The van der Waals surface area contributed by atoms with Crippen molar-refractivity contribution in [3.63, 3.8) is 0 Å². The fourth-order valence-corrected chi connectivity index (χ4v) is 8.02. The SMILES string of the molecule is CC[C@@]1(O)C(=O)OCc2c1cc1n(c2=O)Cc2c-1nc1cc3c(cc1c2CNC(=O)CNC(=O)[C@H](CCCCN)NC(=O)[C@@H](NC(=O)CCC(C)OCCC(C)C)C(C)C)OCO3. The Balaban J connectivity index is 1.15. The second-order valence-corrected chi connectivity index (χ2v) is 17.3. The molecule has 0 fully saturated rings. The van der Waals surface area contributed by atoms with E-state index < -0.39 is 53.5 Å². The topological polar surface area (TPSA) is 252 Å². The Labute approximate surface area is 366 Å². The molecule has 7 N–H and O–H groups in total. The monoisotopic (exact) mass is 875 g/mol. The molecular weight excluding hydrogens is 815 g/mol. The first-order valence-corrected chi connectivity index (χ1v) is 21.9. The molecule has 1 aromatic carbocycles. The molecular formula is C45H61N7O11. The molecule has 18 heteroatoms. The molecule has 0 saturated carbocycles. The normalized spacial score (nSPS) is 17.4. The van der Waals surface area contributed by atoms with Crippen molar-refractivity contribution in [1.29, 1.82) is 0 Å². The Morgan fingerprint density at radius 2 is 1.67 bits per heavy atom. The predicted octanol–water partition coefficient (Wildman–Crippen LogP) is 2.53. The van der Waals surface area contributed by atoms with Gasteiger partial charge >= 0.3 is 5.97 Å². The molecule has 342 valence electrons. The van der Waals surface area contributed by atoms with E-state index in [1.54, 1.807) is 39.0 Å². The van der Waals surface area contributed by atoms with Gasteiger partial charge in [0.1, 0.15) is 18.7 Å². The Kier molecular flexibility index (Phi) is 15.1. The van der Waals surface area contributed by atoms with Crippen molar-refractivity contribution in [3.8, 4) is 22.9 Å². The standard InChI is InChI=1S/C45H61N7O11/c1-7-45(59)31-17-34-40-29(21-52(34)43(57)30(31)22-61-44(45)58)28(27-16-35-36(63-23-62-35)18-33(27)49-40)19-47-38(54)20-48-41(55)32(10-8-9-14-46)50-42(56)39(25(4)5)51-37(53)12-11-26(6)60-15-13-24(2)3/h16-18,24-26,32,39,59H,7-15,19-23,46H2,1-6H3,(H,47,54)(H,48,55)(H,50,56)(H,51,53)/t26?,32-,39-,45-/m0/s1. The number of hydrogen-bond donors (Lipinski definition) is 6. The molecule has 2 aromatic heterocycles. The van der Waals surface area contributed by atoms with Gasteiger partial charge in [0.05, 0.1) is 41.7 Å². The van der Waals surface area contributed by atoms with E-state index in [4.69, 9.17) is 29.7 Å². The van der Waals surface area contributed by atoms with Crippen molar-refractivity contribution < 1.29 is 48.0 Å². The molecule has 63 heavy (non-hydrogen) atoms. The van der Waals surface area contributed by atoms with Crippen LogP contribution in [0.2, 0.25) is 0 Å². The van der Waals surface area contributed by atoms with Gasteiger partial charge in [0.25, 0.3) is 5.56 Å². The van der Waals surface area contributed by atoms with Crippen molar-refractivity contribution in [2.45, 2.75) is 130 Å². The second kappa shape index (κ2) is 20.3. The first-order valence-electron chi connectivity index (χ1n) is 21.9. The Bertz CT molecular complexity index is 2290. The van der Waals surface area contributed by atoms with Gasteiger partial charge < -0.3 is 55.6 Å². The highest BCUT2D eigenvalue weighted by Crippen LogP contribution is 2.43. The lowest BCUT2D eigenvalue weighted by molar-refractivity contribution is -0.172. The molecule has 4 atom stereocenters. The van der Waals surface area contributed by atoms with E-state index in [0.717, 1.165) is 6.42 Å². The van der Waals surface area contributed by atoms with Crippen molar-refractivity contribution in [2.24, 2.45) is 17.6 Å². The van der Waals surface area contributed by atoms with Crippen LogP contribution in [0.15, 0.2) is 23.0 Å². The quantitative estimate of drug-likeness (QED) is 0.0521. The number of ether oxygens (including phenoxy) is 4. The summed E-state index contributed by atoms with van der Waals surface area (Å²) in [5, 5.41) is 23.1. The number of carbonyl (C=O) groups excluding carboxylic acids is 5. The van der Waals surface area contributed by atoms with Crippen molar-refractivity contribution in [1.82, 2.24) is 30.8 Å². The van der Waals surface area contributed by atoms with E-state index in [2.05, 4.69) is 35.1 Å². The van der Waals surface area contributed by atoms with Crippen molar-refractivity contribution in [2.75, 3.05) is 26.5 Å². The number of unbranched alkanes of at least 4 members (excludes halogenated alkanes) is 1. The fourth-order valence-electron chi connectivity index (χ4n) is 8.02. The Hall–Kier alpha value is -5.59. The number of pyridine rings is 2. The molecule has 5 heterocycles. The van der Waals surface area contributed by atoms with Crippen LogP contribution in [0.5, 0.6) is 11.5 Å². The van der Waals surface area contributed by atoms with Crippen molar-refractivity contribution >= 4 is 40.5 Å². The second-order valence-electron chi connectivity index (χ2n) is 17.3. The third-order valence-corrected chi connectivity index (χ3v) is 11.9. The number of cyclic esters (lactones) is 1. The number of hydrogen-bond acceptors (Lipinski definition) is 13. The third kappa shape index (κ3) is 10.5. The summed E-state index contributed by atoms with van der Waals surface area (Å²) in [6, 6.07) is 3.18. The van der Waals surface area contributed by atoms with Crippen LogP contribution in [0, 0.1) is 11.8 Å². The first-order chi connectivity index (χ1) is 30.1. The van der Waals surface area contributed by atoms with Gasteiger partial charge in [0, 0.05) is 42.2 Å². The van der Waals surface area contributed by atoms with E-state index in [1.165, 1.54) is 4.57 Å². The van der Waals surface area contributed by atoms with Gasteiger partial charge in [0.15, 0.2) is 17.1 Å². The van der Waals surface area contributed by atoms with Crippen molar-refractivity contribution in [3.05, 3.63) is 50.8 Å². The predicted molar refractivity (Wildman–Crippen MR) is 231 cm³/mol. The molecule has 3 aliphatic rings. The zero-order chi connectivity index (χ0) is 45.6. The number of benzene rings is 1. The smallest absolute Gasteiger partial charge is 0.343 e. The van der Waals surface area contributed by atoms with Gasteiger partial charge in [-0.2, -0.15) is 0 Å². The van der Waals surface area contributed by atoms with Gasteiger partial charge in [0.2, 0.25) is 30.4 Å². The minimum atomic E-state index is -2.01. The highest BCUT2D eigenvalue weighted by molar-refractivity contribution is 5.94. The maximum atomic E-state index is 13.9. The van der Waals surface area contributed by atoms with Gasteiger partial charge in [-0.1, -0.05) is 34.6 Å². The molecule has 0 bridgehead atoms. The maximum Gasteiger partial charge on any atom is 0.343 e. The number of esters is 1. The number of nitrogens with one attached hydrogen (secondary N) is 4. The van der Waals surface area contributed by atoms with Crippen LogP contribution < -0.4 is 42.0 Å². The molecule has 4 amide bonds. The number of amides is 4. The summed E-state index contributed by atoms with van der Waals surface area (Å²) in [5.41, 5.74) is 6.23. The Morgan fingerprint density at radius 3 is 2.37 bits per heavy atom. The fraction of sp³-hybridized carbons (Fsp3) is 0.578. The molecule has 3 aliphatic heterocycles. The number of nitrogens with two attached hydrogens (primary N) is 1.